The predicted molar refractivity (Wildman–Crippen MR) is 95.4 cm³/mol. The molecule has 5 nitrogen and oxygen atoms in total. The van der Waals surface area contributed by atoms with Crippen LogP contribution in [0, 0.1) is 0 Å². The summed E-state index contributed by atoms with van der Waals surface area (Å²) in [6.07, 6.45) is 0.845. The normalized spacial score (nSPS) is 10.5. The summed E-state index contributed by atoms with van der Waals surface area (Å²) in [7, 11) is 1.30. The van der Waals surface area contributed by atoms with Gasteiger partial charge < -0.3 is 14.2 Å². The van der Waals surface area contributed by atoms with Crippen molar-refractivity contribution in [3.63, 3.8) is 0 Å². The van der Waals surface area contributed by atoms with Crippen LogP contribution in [0.1, 0.15) is 23.7 Å². The molecule has 2 aromatic rings. The minimum atomic E-state index is -0.464. The number of halogens is 1. The summed E-state index contributed by atoms with van der Waals surface area (Å²) in [5.74, 6) is 0.502. The Kier molecular flexibility index (Phi) is 6.61. The molecule has 0 fully saturated rings. The van der Waals surface area contributed by atoms with Gasteiger partial charge in [-0.05, 0) is 42.3 Å². The van der Waals surface area contributed by atoms with Crippen molar-refractivity contribution in [2.45, 2.75) is 13.3 Å². The summed E-state index contributed by atoms with van der Waals surface area (Å²) in [6, 6.07) is 9.04. The van der Waals surface area contributed by atoms with Gasteiger partial charge in [0.25, 0.3) is 0 Å². The van der Waals surface area contributed by atoms with E-state index in [2.05, 4.69) is 20.7 Å². The molecule has 128 valence electrons. The number of benzene rings is 2. The standard InChI is InChI=1S/C18H19BrO5/c1-12(20)18-15-10-14(24-11-17(21)22-2)6-4-13(15)5-7-16(18)23-9-3-8-19/h4-7,10H,3,8-9,11H2,1-2H3. The number of hydrogen-bond acceptors (Lipinski definition) is 5. The summed E-state index contributed by atoms with van der Waals surface area (Å²) in [5, 5.41) is 2.47. The molecule has 0 radical (unpaired) electrons. The van der Waals surface area contributed by atoms with E-state index >= 15 is 0 Å². The van der Waals surface area contributed by atoms with Crippen LogP contribution < -0.4 is 9.47 Å². The van der Waals surface area contributed by atoms with E-state index in [4.69, 9.17) is 9.47 Å². The quantitative estimate of drug-likeness (QED) is 0.295. The van der Waals surface area contributed by atoms with Gasteiger partial charge in [0.1, 0.15) is 11.5 Å². The van der Waals surface area contributed by atoms with Crippen LogP contribution in [0.25, 0.3) is 10.8 Å². The van der Waals surface area contributed by atoms with Gasteiger partial charge in [-0.3, -0.25) is 4.79 Å². The molecule has 0 aliphatic heterocycles. The molecule has 0 aromatic heterocycles. The summed E-state index contributed by atoms with van der Waals surface area (Å²) < 4.78 is 15.7. The van der Waals surface area contributed by atoms with E-state index in [9.17, 15) is 9.59 Å². The Bertz CT molecular complexity index is 742. The SMILES string of the molecule is COC(=O)COc1ccc2ccc(OCCCBr)c(C(C)=O)c2c1. The number of methoxy groups -OCH3 is 1. The van der Waals surface area contributed by atoms with Crippen molar-refractivity contribution in [1.29, 1.82) is 0 Å². The molecule has 0 atom stereocenters. The molecule has 2 rings (SSSR count). The lowest BCUT2D eigenvalue weighted by Crippen LogP contribution is -2.12. The molecule has 0 bridgehead atoms. The second kappa shape index (κ2) is 8.68. The first-order valence-electron chi connectivity index (χ1n) is 7.53. The molecule has 0 N–H and O–H groups in total. The lowest BCUT2D eigenvalue weighted by atomic mass is 10.0. The van der Waals surface area contributed by atoms with E-state index in [1.54, 1.807) is 12.1 Å². The topological polar surface area (TPSA) is 61.8 Å². The average Bonchev–Trinajstić information content (AvgIpc) is 2.58. The van der Waals surface area contributed by atoms with Crippen LogP contribution in [0.4, 0.5) is 0 Å². The zero-order valence-electron chi connectivity index (χ0n) is 13.6. The number of ether oxygens (including phenoxy) is 3. The fraction of sp³-hybridized carbons (Fsp3) is 0.333. The van der Waals surface area contributed by atoms with Crippen molar-refractivity contribution in [3.05, 3.63) is 35.9 Å². The lowest BCUT2D eigenvalue weighted by molar-refractivity contribution is -0.142. The first-order valence-corrected chi connectivity index (χ1v) is 8.65. The van der Waals surface area contributed by atoms with Crippen LogP contribution in [-0.4, -0.2) is 37.4 Å². The van der Waals surface area contributed by atoms with Gasteiger partial charge in [-0.2, -0.15) is 0 Å². The van der Waals surface area contributed by atoms with Gasteiger partial charge in [0.15, 0.2) is 12.4 Å². The van der Waals surface area contributed by atoms with E-state index in [0.717, 1.165) is 22.5 Å². The summed E-state index contributed by atoms with van der Waals surface area (Å²) in [4.78, 5) is 23.3. The molecular weight excluding hydrogens is 376 g/mol. The Morgan fingerprint density at radius 2 is 1.88 bits per heavy atom. The molecule has 0 amide bonds. The monoisotopic (exact) mass is 394 g/mol. The number of rotatable bonds is 8. The number of carbonyl (C=O) groups is 2. The molecule has 0 saturated heterocycles. The van der Waals surface area contributed by atoms with Gasteiger partial charge in [-0.15, -0.1) is 0 Å². The summed E-state index contributed by atoms with van der Waals surface area (Å²) in [5.41, 5.74) is 0.519. The van der Waals surface area contributed by atoms with Crippen LogP contribution in [-0.2, 0) is 9.53 Å². The van der Waals surface area contributed by atoms with Crippen molar-refractivity contribution in [3.8, 4) is 11.5 Å². The number of hydrogen-bond donors (Lipinski definition) is 0. The zero-order valence-corrected chi connectivity index (χ0v) is 15.2. The van der Waals surface area contributed by atoms with E-state index in [1.165, 1.54) is 14.0 Å². The highest BCUT2D eigenvalue weighted by molar-refractivity contribution is 9.09. The molecule has 6 heteroatoms. The first kappa shape index (κ1) is 18.3. The minimum absolute atomic E-state index is 0.0837. The number of alkyl halides is 1. The smallest absolute Gasteiger partial charge is 0.343 e. The maximum atomic E-state index is 12.1. The van der Waals surface area contributed by atoms with Crippen molar-refractivity contribution in [2.75, 3.05) is 25.7 Å². The van der Waals surface area contributed by atoms with E-state index < -0.39 is 5.97 Å². The third-order valence-electron chi connectivity index (χ3n) is 3.43. The van der Waals surface area contributed by atoms with Crippen molar-refractivity contribution < 1.29 is 23.8 Å². The van der Waals surface area contributed by atoms with E-state index in [0.29, 0.717) is 23.7 Å². The fourth-order valence-electron chi connectivity index (χ4n) is 2.29. The molecule has 0 unspecified atom stereocenters. The highest BCUT2D eigenvalue weighted by atomic mass is 79.9. The Hall–Kier alpha value is -2.08. The number of carbonyl (C=O) groups excluding carboxylic acids is 2. The molecule has 0 aliphatic carbocycles. The number of Topliss-reactive ketones (excluding diaryl/α,β-unsaturated/α-hetero) is 1. The first-order chi connectivity index (χ1) is 11.6. The molecule has 0 aliphatic rings. The maximum Gasteiger partial charge on any atom is 0.343 e. The Labute approximate surface area is 149 Å². The number of fused-ring (bicyclic) bond motifs is 1. The second-order valence-corrected chi connectivity index (χ2v) is 5.93. The van der Waals surface area contributed by atoms with Crippen molar-refractivity contribution >= 4 is 38.5 Å². The summed E-state index contributed by atoms with van der Waals surface area (Å²) >= 11 is 3.35. The molecule has 0 spiro atoms. The van der Waals surface area contributed by atoms with Crippen LogP contribution in [0.2, 0.25) is 0 Å². The molecule has 0 heterocycles. The molecular formula is C18H19BrO5. The number of ketones is 1. The average molecular weight is 395 g/mol. The Balaban J connectivity index is 2.37. The highest BCUT2D eigenvalue weighted by Crippen LogP contribution is 2.31. The van der Waals surface area contributed by atoms with Gasteiger partial charge in [-0.1, -0.05) is 28.1 Å². The largest absolute Gasteiger partial charge is 0.493 e. The van der Waals surface area contributed by atoms with Gasteiger partial charge >= 0.3 is 5.97 Å². The van der Waals surface area contributed by atoms with Crippen LogP contribution in [0.3, 0.4) is 0 Å². The summed E-state index contributed by atoms with van der Waals surface area (Å²) in [6.45, 7) is 1.85. The molecule has 0 saturated carbocycles. The predicted octanol–water partition coefficient (Wildman–Crippen LogP) is 3.76. The third kappa shape index (κ3) is 4.47. The van der Waals surface area contributed by atoms with Gasteiger partial charge in [0.2, 0.25) is 0 Å². The fourth-order valence-corrected chi connectivity index (χ4v) is 2.52. The van der Waals surface area contributed by atoms with Crippen molar-refractivity contribution in [2.24, 2.45) is 0 Å². The molecule has 2 aromatic carbocycles. The lowest BCUT2D eigenvalue weighted by Gasteiger charge is -2.13. The van der Waals surface area contributed by atoms with Crippen LogP contribution >= 0.6 is 15.9 Å². The molecule has 24 heavy (non-hydrogen) atoms. The van der Waals surface area contributed by atoms with E-state index in [1.807, 2.05) is 18.2 Å². The maximum absolute atomic E-state index is 12.1. The van der Waals surface area contributed by atoms with Gasteiger partial charge in [0, 0.05) is 5.33 Å². The van der Waals surface area contributed by atoms with Gasteiger partial charge in [-0.25, -0.2) is 4.79 Å². The third-order valence-corrected chi connectivity index (χ3v) is 3.99. The Morgan fingerprint density at radius 1 is 1.12 bits per heavy atom. The second-order valence-electron chi connectivity index (χ2n) is 5.13. The van der Waals surface area contributed by atoms with Crippen LogP contribution in [0.15, 0.2) is 30.3 Å². The van der Waals surface area contributed by atoms with E-state index in [-0.39, 0.29) is 12.4 Å². The highest BCUT2D eigenvalue weighted by Gasteiger charge is 2.14. The van der Waals surface area contributed by atoms with Crippen molar-refractivity contribution in [1.82, 2.24) is 0 Å². The number of esters is 1. The minimum Gasteiger partial charge on any atom is -0.493 e. The Morgan fingerprint density at radius 3 is 2.54 bits per heavy atom. The zero-order chi connectivity index (χ0) is 17.5. The van der Waals surface area contributed by atoms with Gasteiger partial charge in [0.05, 0.1) is 19.3 Å². The van der Waals surface area contributed by atoms with Crippen LogP contribution in [0.5, 0.6) is 11.5 Å².